The molecule has 3 aromatic rings. The summed E-state index contributed by atoms with van der Waals surface area (Å²) < 4.78 is 1.96. The van der Waals surface area contributed by atoms with E-state index in [1.807, 2.05) is 60.2 Å². The number of aryl methyl sites for hydroxylation is 1. The van der Waals surface area contributed by atoms with E-state index in [4.69, 9.17) is 0 Å². The molecule has 1 atom stereocenters. The molecule has 4 rings (SSSR count). The Labute approximate surface area is 169 Å². The molecule has 0 bridgehead atoms. The Morgan fingerprint density at radius 3 is 2.72 bits per heavy atom. The van der Waals surface area contributed by atoms with Crippen molar-refractivity contribution in [2.45, 2.75) is 19.9 Å². The Hall–Kier alpha value is -3.48. The molecular formula is C22H23N5O2. The summed E-state index contributed by atoms with van der Waals surface area (Å²) in [7, 11) is 0. The minimum Gasteiger partial charge on any atom is -0.354 e. The number of amides is 2. The zero-order valence-electron chi connectivity index (χ0n) is 16.3. The topological polar surface area (TPSA) is 80.1 Å². The highest BCUT2D eigenvalue weighted by atomic mass is 16.2. The van der Waals surface area contributed by atoms with Crippen molar-refractivity contribution < 1.29 is 9.59 Å². The lowest BCUT2D eigenvalue weighted by molar-refractivity contribution is -0.126. The van der Waals surface area contributed by atoms with Crippen molar-refractivity contribution in [2.75, 3.05) is 18.0 Å². The second kappa shape index (κ2) is 8.26. The van der Waals surface area contributed by atoms with Gasteiger partial charge in [-0.15, -0.1) is 0 Å². The van der Waals surface area contributed by atoms with Gasteiger partial charge in [0.05, 0.1) is 5.92 Å². The van der Waals surface area contributed by atoms with Gasteiger partial charge < -0.3 is 14.8 Å². The highest BCUT2D eigenvalue weighted by Crippen LogP contribution is 2.25. The molecule has 148 valence electrons. The molecule has 1 fully saturated rings. The average molecular weight is 389 g/mol. The largest absolute Gasteiger partial charge is 0.354 e. The molecule has 1 N–H and O–H groups in total. The molecule has 1 aromatic carbocycles. The molecule has 2 aromatic heterocycles. The zero-order chi connectivity index (χ0) is 20.2. The third-order valence-corrected chi connectivity index (χ3v) is 5.10. The van der Waals surface area contributed by atoms with Crippen molar-refractivity contribution >= 4 is 17.5 Å². The number of carbonyl (C=O) groups excluding carboxylic acids is 2. The Kier molecular flexibility index (Phi) is 5.37. The van der Waals surface area contributed by atoms with Crippen molar-refractivity contribution in [3.63, 3.8) is 0 Å². The summed E-state index contributed by atoms with van der Waals surface area (Å²) in [6, 6.07) is 13.5. The Morgan fingerprint density at radius 1 is 1.14 bits per heavy atom. The molecule has 29 heavy (non-hydrogen) atoms. The molecule has 0 radical (unpaired) electrons. The van der Waals surface area contributed by atoms with E-state index in [1.54, 1.807) is 17.3 Å². The predicted octanol–water partition coefficient (Wildman–Crippen LogP) is 2.42. The lowest BCUT2D eigenvalue weighted by Gasteiger charge is -2.17. The van der Waals surface area contributed by atoms with Gasteiger partial charge in [0.15, 0.2) is 5.82 Å². The van der Waals surface area contributed by atoms with Crippen LogP contribution >= 0.6 is 0 Å². The van der Waals surface area contributed by atoms with Gasteiger partial charge in [-0.05, 0) is 31.2 Å². The number of carbonyl (C=O) groups is 2. The van der Waals surface area contributed by atoms with Crippen LogP contribution in [0.3, 0.4) is 0 Å². The lowest BCUT2D eigenvalue weighted by Crippen LogP contribution is -2.34. The molecule has 0 aliphatic carbocycles. The van der Waals surface area contributed by atoms with Crippen molar-refractivity contribution in [3.8, 4) is 11.5 Å². The van der Waals surface area contributed by atoms with Gasteiger partial charge >= 0.3 is 0 Å². The van der Waals surface area contributed by atoms with Crippen LogP contribution in [-0.2, 0) is 16.1 Å². The van der Waals surface area contributed by atoms with Gasteiger partial charge in [-0.3, -0.25) is 14.6 Å². The summed E-state index contributed by atoms with van der Waals surface area (Å²) in [6.07, 6.45) is 5.56. The van der Waals surface area contributed by atoms with Crippen molar-refractivity contribution in [3.05, 3.63) is 66.6 Å². The van der Waals surface area contributed by atoms with E-state index in [0.29, 0.717) is 19.6 Å². The van der Waals surface area contributed by atoms with Gasteiger partial charge in [-0.1, -0.05) is 23.8 Å². The summed E-state index contributed by atoms with van der Waals surface area (Å²) in [4.78, 5) is 35.3. The molecule has 1 aliphatic heterocycles. The second-order valence-electron chi connectivity index (χ2n) is 7.19. The summed E-state index contributed by atoms with van der Waals surface area (Å²) in [6.45, 7) is 3.47. The molecule has 0 spiro atoms. The van der Waals surface area contributed by atoms with E-state index < -0.39 is 0 Å². The minimum atomic E-state index is -0.332. The van der Waals surface area contributed by atoms with Crippen LogP contribution in [0, 0.1) is 12.8 Å². The first kappa shape index (κ1) is 18.9. The maximum Gasteiger partial charge on any atom is 0.227 e. The normalized spacial score (nSPS) is 16.2. The molecule has 3 heterocycles. The minimum absolute atomic E-state index is 0.0129. The monoisotopic (exact) mass is 389 g/mol. The van der Waals surface area contributed by atoms with E-state index in [-0.39, 0.29) is 24.2 Å². The van der Waals surface area contributed by atoms with Gasteiger partial charge in [0.1, 0.15) is 5.69 Å². The van der Waals surface area contributed by atoms with Crippen molar-refractivity contribution in [2.24, 2.45) is 5.92 Å². The third kappa shape index (κ3) is 4.18. The quantitative estimate of drug-likeness (QED) is 0.702. The number of imidazole rings is 1. The molecule has 1 aliphatic rings. The molecule has 2 amide bonds. The van der Waals surface area contributed by atoms with Gasteiger partial charge in [-0.2, -0.15) is 0 Å². The Morgan fingerprint density at radius 2 is 1.97 bits per heavy atom. The number of anilines is 1. The van der Waals surface area contributed by atoms with Gasteiger partial charge in [0, 0.05) is 50.3 Å². The standard InChI is InChI=1S/C22H23N5O2/c1-16-5-7-18(8-6-16)27-15-17(14-20(27)28)22(29)25-11-13-26-12-10-24-21(26)19-4-2-3-9-23-19/h2-10,12,17H,11,13-15H2,1H3,(H,25,29). The first-order chi connectivity index (χ1) is 14.1. The average Bonchev–Trinajstić information content (AvgIpc) is 3.36. The maximum absolute atomic E-state index is 12.6. The molecule has 7 heteroatoms. The third-order valence-electron chi connectivity index (χ3n) is 5.10. The number of rotatable bonds is 6. The highest BCUT2D eigenvalue weighted by Gasteiger charge is 2.34. The fourth-order valence-electron chi connectivity index (χ4n) is 3.52. The number of hydrogen-bond acceptors (Lipinski definition) is 4. The van der Waals surface area contributed by atoms with E-state index >= 15 is 0 Å². The molecule has 1 unspecified atom stereocenters. The summed E-state index contributed by atoms with van der Waals surface area (Å²) in [5.41, 5.74) is 2.77. The predicted molar refractivity (Wildman–Crippen MR) is 110 cm³/mol. The zero-order valence-corrected chi connectivity index (χ0v) is 16.3. The van der Waals surface area contributed by atoms with Crippen LogP contribution in [0.1, 0.15) is 12.0 Å². The van der Waals surface area contributed by atoms with Crippen LogP contribution in [0.5, 0.6) is 0 Å². The van der Waals surface area contributed by atoms with E-state index in [1.165, 1.54) is 0 Å². The van der Waals surface area contributed by atoms with Crippen LogP contribution in [0.15, 0.2) is 61.1 Å². The number of hydrogen-bond donors (Lipinski definition) is 1. The second-order valence-corrected chi connectivity index (χ2v) is 7.19. The van der Waals surface area contributed by atoms with Crippen LogP contribution in [-0.4, -0.2) is 39.4 Å². The molecule has 7 nitrogen and oxygen atoms in total. The fraction of sp³-hybridized carbons (Fsp3) is 0.273. The van der Waals surface area contributed by atoms with Crippen LogP contribution in [0.2, 0.25) is 0 Å². The Balaban J connectivity index is 1.33. The Bertz CT molecular complexity index is 998. The summed E-state index contributed by atoms with van der Waals surface area (Å²) in [5, 5.41) is 2.96. The van der Waals surface area contributed by atoms with Gasteiger partial charge in [-0.25, -0.2) is 4.98 Å². The maximum atomic E-state index is 12.6. The van der Waals surface area contributed by atoms with Crippen molar-refractivity contribution in [1.82, 2.24) is 19.9 Å². The number of nitrogens with one attached hydrogen (secondary N) is 1. The van der Waals surface area contributed by atoms with E-state index in [0.717, 1.165) is 22.8 Å². The van der Waals surface area contributed by atoms with Crippen LogP contribution in [0.25, 0.3) is 11.5 Å². The van der Waals surface area contributed by atoms with Crippen LogP contribution < -0.4 is 10.2 Å². The van der Waals surface area contributed by atoms with Gasteiger partial charge in [0.25, 0.3) is 0 Å². The number of pyridine rings is 1. The number of benzene rings is 1. The van der Waals surface area contributed by atoms with Crippen molar-refractivity contribution in [1.29, 1.82) is 0 Å². The number of nitrogens with zero attached hydrogens (tertiary/aromatic N) is 4. The van der Waals surface area contributed by atoms with E-state index in [9.17, 15) is 9.59 Å². The molecular weight excluding hydrogens is 366 g/mol. The van der Waals surface area contributed by atoms with E-state index in [2.05, 4.69) is 15.3 Å². The smallest absolute Gasteiger partial charge is 0.227 e. The SMILES string of the molecule is Cc1ccc(N2CC(C(=O)NCCn3ccnc3-c3ccccn3)CC2=O)cc1. The number of aromatic nitrogens is 3. The van der Waals surface area contributed by atoms with Crippen LogP contribution in [0.4, 0.5) is 5.69 Å². The highest BCUT2D eigenvalue weighted by molar-refractivity contribution is 6.00. The summed E-state index contributed by atoms with van der Waals surface area (Å²) in [5.74, 6) is 0.330. The fourth-order valence-corrected chi connectivity index (χ4v) is 3.52. The first-order valence-corrected chi connectivity index (χ1v) is 9.69. The first-order valence-electron chi connectivity index (χ1n) is 9.69. The molecule has 1 saturated heterocycles. The summed E-state index contributed by atoms with van der Waals surface area (Å²) >= 11 is 0. The molecule has 0 saturated carbocycles. The van der Waals surface area contributed by atoms with Gasteiger partial charge in [0.2, 0.25) is 11.8 Å². The lowest BCUT2D eigenvalue weighted by atomic mass is 10.1.